The lowest BCUT2D eigenvalue weighted by molar-refractivity contribution is -0.137. The van der Waals surface area contributed by atoms with Gasteiger partial charge in [0.15, 0.2) is 6.04 Å². The number of carbonyl (C=O) groups excluding carboxylic acids is 1. The molecular formula is C18H17N3O5S4. The summed E-state index contributed by atoms with van der Waals surface area (Å²) in [5.41, 5.74) is 0.768. The van der Waals surface area contributed by atoms with Gasteiger partial charge in [0.25, 0.3) is 0 Å². The lowest BCUT2D eigenvalue weighted by Gasteiger charge is -2.42. The zero-order valence-electron chi connectivity index (χ0n) is 15.6. The maximum absolute atomic E-state index is 12.8. The largest absolute Gasteiger partial charge is 0.480 e. The first kappa shape index (κ1) is 20.4. The summed E-state index contributed by atoms with van der Waals surface area (Å²) >= 11 is 2.82. The van der Waals surface area contributed by atoms with E-state index in [0.717, 1.165) is 21.7 Å². The zero-order chi connectivity index (χ0) is 20.7. The standard InChI is InChI=1S/C18H17N3O5S4/c22-17(23)11-6-27-15(20-11)16-19-10-2-1-9(5-14(10)30-16)26-18(24)21-3-4-25-13-8-29-28-7-12(13)21/h1-2,5,11-13H,3-4,6-8H2,(H,22,23)/t11-,12+,13-/m1/s1. The molecule has 0 spiro atoms. The van der Waals surface area contributed by atoms with E-state index >= 15 is 0 Å². The van der Waals surface area contributed by atoms with Crippen molar-refractivity contribution in [3.8, 4) is 5.75 Å². The van der Waals surface area contributed by atoms with E-state index in [0.29, 0.717) is 34.7 Å². The summed E-state index contributed by atoms with van der Waals surface area (Å²) < 4.78 is 12.3. The van der Waals surface area contributed by atoms with E-state index < -0.39 is 12.0 Å². The van der Waals surface area contributed by atoms with E-state index in [1.165, 1.54) is 23.1 Å². The van der Waals surface area contributed by atoms with Gasteiger partial charge < -0.3 is 14.6 Å². The number of hydrogen-bond acceptors (Lipinski definition) is 10. The number of carboxylic acids is 1. The Morgan fingerprint density at radius 2 is 2.10 bits per heavy atom. The fourth-order valence-corrected chi connectivity index (χ4v) is 8.10. The van der Waals surface area contributed by atoms with Crippen molar-refractivity contribution in [1.29, 1.82) is 0 Å². The maximum atomic E-state index is 12.8. The van der Waals surface area contributed by atoms with Gasteiger partial charge >= 0.3 is 12.1 Å². The highest BCUT2D eigenvalue weighted by Crippen LogP contribution is 2.36. The normalized spacial score (nSPS) is 26.3. The number of benzene rings is 1. The van der Waals surface area contributed by atoms with Gasteiger partial charge in [-0.25, -0.2) is 14.6 Å². The smallest absolute Gasteiger partial charge is 0.415 e. The molecule has 158 valence electrons. The van der Waals surface area contributed by atoms with Gasteiger partial charge in [-0.3, -0.25) is 9.89 Å². The Morgan fingerprint density at radius 3 is 2.93 bits per heavy atom. The molecule has 0 bridgehead atoms. The number of fused-ring (bicyclic) bond motifs is 2. The molecular weight excluding hydrogens is 466 g/mol. The molecule has 30 heavy (non-hydrogen) atoms. The average molecular weight is 484 g/mol. The molecule has 0 unspecified atom stereocenters. The Bertz CT molecular complexity index is 1030. The highest BCUT2D eigenvalue weighted by Gasteiger charge is 2.38. The third-order valence-electron chi connectivity index (χ3n) is 4.97. The second-order valence-corrected chi connectivity index (χ2v) is 11.4. The van der Waals surface area contributed by atoms with Crippen molar-refractivity contribution in [3.63, 3.8) is 0 Å². The molecule has 0 aliphatic carbocycles. The molecule has 3 aliphatic rings. The Kier molecular flexibility index (Phi) is 5.84. The summed E-state index contributed by atoms with van der Waals surface area (Å²) in [6.07, 6.45) is -0.298. The second kappa shape index (κ2) is 8.58. The van der Waals surface area contributed by atoms with Crippen LogP contribution in [0.1, 0.15) is 5.01 Å². The molecule has 2 aromatic rings. The number of thioether (sulfide) groups is 1. The number of carbonyl (C=O) groups is 2. The summed E-state index contributed by atoms with van der Waals surface area (Å²) in [5, 5.41) is 10.5. The Balaban J connectivity index is 1.32. The predicted molar refractivity (Wildman–Crippen MR) is 121 cm³/mol. The number of aliphatic imine (C=N–C) groups is 1. The molecule has 1 N–H and O–H groups in total. The molecule has 1 aromatic carbocycles. The van der Waals surface area contributed by atoms with Crippen molar-refractivity contribution in [1.82, 2.24) is 9.88 Å². The molecule has 0 radical (unpaired) electrons. The first-order valence-electron chi connectivity index (χ1n) is 9.27. The number of thiazole rings is 1. The minimum atomic E-state index is -0.923. The topological polar surface area (TPSA) is 101 Å². The van der Waals surface area contributed by atoms with Gasteiger partial charge in [-0.15, -0.1) is 23.1 Å². The van der Waals surface area contributed by atoms with Crippen LogP contribution in [0.2, 0.25) is 0 Å². The molecule has 12 heteroatoms. The van der Waals surface area contributed by atoms with E-state index in [9.17, 15) is 9.59 Å². The Morgan fingerprint density at radius 1 is 1.23 bits per heavy atom. The van der Waals surface area contributed by atoms with Crippen LogP contribution in [0.5, 0.6) is 5.75 Å². The lowest BCUT2D eigenvalue weighted by Crippen LogP contribution is -2.57. The first-order chi connectivity index (χ1) is 14.6. The van der Waals surface area contributed by atoms with Crippen molar-refractivity contribution >= 4 is 72.0 Å². The summed E-state index contributed by atoms with van der Waals surface area (Å²) in [4.78, 5) is 34.5. The number of aliphatic carboxylic acids is 1. The van der Waals surface area contributed by atoms with E-state index in [1.54, 1.807) is 38.6 Å². The molecule has 8 nitrogen and oxygen atoms in total. The molecule has 3 atom stereocenters. The number of hydrogen-bond donors (Lipinski definition) is 1. The van der Waals surface area contributed by atoms with Gasteiger partial charge in [-0.2, -0.15) is 0 Å². The number of aromatic nitrogens is 1. The van der Waals surface area contributed by atoms with Gasteiger partial charge in [0, 0.05) is 29.9 Å². The maximum Gasteiger partial charge on any atom is 0.415 e. The number of ether oxygens (including phenoxy) is 2. The van der Waals surface area contributed by atoms with Crippen LogP contribution in [0, 0.1) is 0 Å². The van der Waals surface area contributed by atoms with Crippen LogP contribution in [0.3, 0.4) is 0 Å². The van der Waals surface area contributed by atoms with Crippen LogP contribution >= 0.6 is 44.7 Å². The molecule has 5 rings (SSSR count). The summed E-state index contributed by atoms with van der Waals surface area (Å²) in [5.74, 6) is 1.67. The summed E-state index contributed by atoms with van der Waals surface area (Å²) in [7, 11) is 3.53. The highest BCUT2D eigenvalue weighted by atomic mass is 33.1. The van der Waals surface area contributed by atoms with Gasteiger partial charge in [0.1, 0.15) is 15.8 Å². The molecule has 0 saturated carbocycles. The van der Waals surface area contributed by atoms with Crippen molar-refractivity contribution in [3.05, 3.63) is 23.2 Å². The van der Waals surface area contributed by atoms with Crippen molar-refractivity contribution in [2.24, 2.45) is 4.99 Å². The monoisotopic (exact) mass is 483 g/mol. The molecule has 1 amide bonds. The number of rotatable bonds is 3. The van der Waals surface area contributed by atoms with Crippen molar-refractivity contribution < 1.29 is 24.2 Å². The zero-order valence-corrected chi connectivity index (χ0v) is 18.8. The highest BCUT2D eigenvalue weighted by molar-refractivity contribution is 8.76. The fraction of sp³-hybridized carbons (Fsp3) is 0.444. The molecule has 2 fully saturated rings. The predicted octanol–water partition coefficient (Wildman–Crippen LogP) is 3.21. The van der Waals surface area contributed by atoms with Crippen LogP contribution in [0.4, 0.5) is 4.79 Å². The number of morpholine rings is 1. The van der Waals surface area contributed by atoms with Crippen LogP contribution in [0.25, 0.3) is 10.2 Å². The van der Waals surface area contributed by atoms with Crippen LogP contribution in [-0.4, -0.2) is 80.7 Å². The van der Waals surface area contributed by atoms with Gasteiger partial charge in [-0.05, 0) is 12.1 Å². The van der Waals surface area contributed by atoms with Gasteiger partial charge in [0.05, 0.1) is 29.0 Å². The fourth-order valence-electron chi connectivity index (χ4n) is 3.43. The Hall–Kier alpha value is -1.47. The average Bonchev–Trinajstić information content (AvgIpc) is 3.40. The Labute approximate surface area is 188 Å². The number of carboxylic acid groups (broad SMARTS) is 1. The van der Waals surface area contributed by atoms with Crippen molar-refractivity contribution in [2.45, 2.75) is 18.2 Å². The third kappa shape index (κ3) is 4.03. The van der Waals surface area contributed by atoms with Gasteiger partial charge in [0.2, 0.25) is 0 Å². The minimum Gasteiger partial charge on any atom is -0.480 e. The van der Waals surface area contributed by atoms with Crippen LogP contribution in [0.15, 0.2) is 23.2 Å². The van der Waals surface area contributed by atoms with E-state index in [2.05, 4.69) is 9.98 Å². The lowest BCUT2D eigenvalue weighted by atomic mass is 10.1. The van der Waals surface area contributed by atoms with E-state index in [4.69, 9.17) is 14.6 Å². The molecule has 4 heterocycles. The van der Waals surface area contributed by atoms with E-state index in [-0.39, 0.29) is 18.2 Å². The summed E-state index contributed by atoms with van der Waals surface area (Å²) in [6.45, 7) is 1.05. The van der Waals surface area contributed by atoms with Gasteiger partial charge in [-0.1, -0.05) is 21.6 Å². The van der Waals surface area contributed by atoms with Crippen LogP contribution in [-0.2, 0) is 9.53 Å². The summed E-state index contributed by atoms with van der Waals surface area (Å²) in [6, 6.07) is 4.66. The molecule has 2 saturated heterocycles. The molecule has 3 aliphatic heterocycles. The van der Waals surface area contributed by atoms with Crippen LogP contribution < -0.4 is 4.74 Å². The second-order valence-electron chi connectivity index (χ2n) is 6.85. The quantitative estimate of drug-likeness (QED) is 0.660. The number of amides is 1. The van der Waals surface area contributed by atoms with Crippen molar-refractivity contribution in [2.75, 3.05) is 30.4 Å². The molecule has 1 aromatic heterocycles. The third-order valence-corrected chi connectivity index (χ3v) is 9.60. The SMILES string of the molecule is O=C(O)[C@H]1CSC(c2nc3ccc(OC(=O)N4CCO[C@@H]5CSSC[C@@H]54)cc3s2)=N1. The first-order valence-corrected chi connectivity index (χ1v) is 13.6. The minimum absolute atomic E-state index is 0.0378. The number of nitrogens with zero attached hydrogens (tertiary/aromatic N) is 3. The van der Waals surface area contributed by atoms with E-state index in [1.807, 2.05) is 6.07 Å².